The third-order valence-electron chi connectivity index (χ3n) is 8.54. The van der Waals surface area contributed by atoms with Crippen LogP contribution in [-0.4, -0.2) is 92.6 Å². The zero-order chi connectivity index (χ0) is 30.2. The van der Waals surface area contributed by atoms with Crippen LogP contribution in [0.15, 0.2) is 34.9 Å². The average molecular weight is 672 g/mol. The van der Waals surface area contributed by atoms with Gasteiger partial charge in [0.2, 0.25) is 11.7 Å². The van der Waals surface area contributed by atoms with Crippen molar-refractivity contribution in [1.82, 2.24) is 25.4 Å². The molecule has 3 N–H and O–H groups in total. The Morgan fingerprint density at radius 1 is 1.09 bits per heavy atom. The summed E-state index contributed by atoms with van der Waals surface area (Å²) in [7, 11) is 5.56. The van der Waals surface area contributed by atoms with Crippen molar-refractivity contribution in [2.75, 3.05) is 76.2 Å². The normalized spacial score (nSPS) is 17.5. The van der Waals surface area contributed by atoms with Gasteiger partial charge in [-0.1, -0.05) is 7.92 Å². The highest BCUT2D eigenvalue weighted by Gasteiger charge is 2.35. The number of benzene rings is 2. The maximum absolute atomic E-state index is 5.85. The van der Waals surface area contributed by atoms with Crippen molar-refractivity contribution in [3.05, 3.63) is 40.5 Å². The van der Waals surface area contributed by atoms with E-state index in [1.807, 2.05) is 12.1 Å². The monoisotopic (exact) mass is 670 g/mol. The van der Waals surface area contributed by atoms with E-state index in [1.165, 1.54) is 37.2 Å². The Hall–Kier alpha value is -2.89. The first kappa shape index (κ1) is 30.1. The molecule has 2 fully saturated rings. The van der Waals surface area contributed by atoms with Gasteiger partial charge in [-0.15, -0.1) is 0 Å². The molecule has 0 bridgehead atoms. The highest BCUT2D eigenvalue weighted by molar-refractivity contribution is 9.10. The Labute approximate surface area is 263 Å². The zero-order valence-electron chi connectivity index (χ0n) is 25.6. The minimum absolute atomic E-state index is 0.460. The second kappa shape index (κ2) is 12.6. The molecule has 3 aliphatic rings. The minimum atomic E-state index is -0.506. The largest absolute Gasteiger partial charge is 0.494 e. The SMILES string of the molecule is COc1cc(N2CCC(N3CC(N(C)C)C3)CC2)c(C)cc1Nc1ncc(Br)c(Nc2ccc3c(c2P(C)C)ONO3)n1. The zero-order valence-corrected chi connectivity index (χ0v) is 28.1. The third-order valence-corrected chi connectivity index (χ3v) is 10.5. The minimum Gasteiger partial charge on any atom is -0.494 e. The number of aromatic nitrogens is 2. The fourth-order valence-electron chi connectivity index (χ4n) is 6.02. The van der Waals surface area contributed by atoms with E-state index in [4.69, 9.17) is 19.4 Å². The number of aryl methyl sites for hydroxylation is 1. The van der Waals surface area contributed by atoms with Crippen molar-refractivity contribution in [3.63, 3.8) is 0 Å². The average Bonchev–Trinajstić information content (AvgIpc) is 3.43. The molecular formula is C30H40BrN8O3P. The number of hydrogen-bond donors (Lipinski definition) is 3. The number of likely N-dealkylation sites (tertiary alicyclic amines) is 1. The molecule has 0 saturated carbocycles. The summed E-state index contributed by atoms with van der Waals surface area (Å²) in [5.74, 6) is 3.23. The summed E-state index contributed by atoms with van der Waals surface area (Å²) in [5.41, 5.74) is 6.63. The molecule has 0 spiro atoms. The number of nitrogens with one attached hydrogen (secondary N) is 3. The van der Waals surface area contributed by atoms with Crippen LogP contribution >= 0.6 is 23.9 Å². The molecule has 1 aromatic heterocycles. The Balaban J connectivity index is 1.17. The van der Waals surface area contributed by atoms with Crippen LogP contribution in [0.4, 0.5) is 28.8 Å². The smallest absolute Gasteiger partial charge is 0.229 e. The number of anilines is 5. The van der Waals surface area contributed by atoms with Crippen LogP contribution in [0.5, 0.6) is 17.2 Å². The van der Waals surface area contributed by atoms with Gasteiger partial charge in [0.15, 0.2) is 5.75 Å². The molecule has 3 aromatic rings. The van der Waals surface area contributed by atoms with Gasteiger partial charge >= 0.3 is 0 Å². The maximum atomic E-state index is 5.85. The van der Waals surface area contributed by atoms with E-state index in [9.17, 15) is 0 Å². The highest BCUT2D eigenvalue weighted by Crippen LogP contribution is 2.42. The van der Waals surface area contributed by atoms with Gasteiger partial charge in [-0.2, -0.15) is 4.98 Å². The first-order valence-electron chi connectivity index (χ1n) is 14.6. The van der Waals surface area contributed by atoms with Crippen LogP contribution < -0.4 is 40.9 Å². The summed E-state index contributed by atoms with van der Waals surface area (Å²) in [4.78, 5) is 27.7. The van der Waals surface area contributed by atoms with Crippen LogP contribution in [0.1, 0.15) is 18.4 Å². The van der Waals surface area contributed by atoms with Crippen LogP contribution in [-0.2, 0) is 0 Å². The van der Waals surface area contributed by atoms with Gasteiger partial charge in [-0.05, 0) is 86.9 Å². The van der Waals surface area contributed by atoms with Crippen molar-refractivity contribution in [3.8, 4) is 17.2 Å². The quantitative estimate of drug-likeness (QED) is 0.274. The van der Waals surface area contributed by atoms with E-state index < -0.39 is 7.92 Å². The van der Waals surface area contributed by atoms with E-state index >= 15 is 0 Å². The van der Waals surface area contributed by atoms with Gasteiger partial charge in [-0.25, -0.2) is 4.98 Å². The molecule has 2 saturated heterocycles. The Morgan fingerprint density at radius 2 is 1.86 bits per heavy atom. The van der Waals surface area contributed by atoms with Gasteiger partial charge in [0.25, 0.3) is 0 Å². The molecule has 0 amide bonds. The summed E-state index contributed by atoms with van der Waals surface area (Å²) in [6.45, 7) is 11.0. The molecule has 230 valence electrons. The van der Waals surface area contributed by atoms with E-state index in [0.29, 0.717) is 35.3 Å². The van der Waals surface area contributed by atoms with E-state index in [1.54, 1.807) is 13.3 Å². The Bertz CT molecular complexity index is 1480. The number of likely N-dealkylation sites (N-methyl/N-ethyl adjacent to an activating group) is 1. The molecule has 0 radical (unpaired) electrons. The van der Waals surface area contributed by atoms with Gasteiger partial charge in [-0.3, -0.25) is 4.90 Å². The summed E-state index contributed by atoms with van der Waals surface area (Å²) in [6, 6.07) is 9.49. The van der Waals surface area contributed by atoms with Gasteiger partial charge < -0.3 is 34.8 Å². The lowest BCUT2D eigenvalue weighted by Crippen LogP contribution is -2.62. The second-order valence-corrected chi connectivity index (χ2v) is 14.8. The first-order valence-corrected chi connectivity index (χ1v) is 17.6. The fourth-order valence-corrected chi connectivity index (χ4v) is 7.48. The molecule has 0 unspecified atom stereocenters. The standard InChI is InChI=1S/C30H40BrN8O3P/c1-18-13-23(26(40-4)14-24(18)38-11-9-19(10-12-38)39-16-20(17-39)37(2)3)34-30-32-15-21(31)29(35-30)33-22-7-8-25-27(42-36-41-25)28(22)43(5)6/h7-8,13-15,19-20,36H,9-12,16-17H2,1-6H3,(H2,32,33,34,35). The van der Waals surface area contributed by atoms with E-state index in [-0.39, 0.29) is 0 Å². The summed E-state index contributed by atoms with van der Waals surface area (Å²) in [6.07, 6.45) is 4.11. The topological polar surface area (TPSA) is 99.3 Å². The number of fused-ring (bicyclic) bond motifs is 1. The molecule has 0 aliphatic carbocycles. The Kier molecular flexibility index (Phi) is 8.84. The number of nitrogens with zero attached hydrogens (tertiary/aromatic N) is 5. The third kappa shape index (κ3) is 6.21. The molecule has 13 heteroatoms. The van der Waals surface area contributed by atoms with Crippen molar-refractivity contribution in [1.29, 1.82) is 0 Å². The molecule has 2 aromatic carbocycles. The van der Waals surface area contributed by atoms with Crippen LogP contribution in [0.2, 0.25) is 0 Å². The maximum Gasteiger partial charge on any atom is 0.229 e. The molecule has 3 aliphatic heterocycles. The lowest BCUT2D eigenvalue weighted by atomic mass is 9.96. The molecule has 4 heterocycles. The predicted molar refractivity (Wildman–Crippen MR) is 178 cm³/mol. The molecule has 6 rings (SSSR count). The number of ether oxygens (including phenoxy) is 1. The molecule has 0 atom stereocenters. The number of methoxy groups -OCH3 is 1. The highest BCUT2D eigenvalue weighted by atomic mass is 79.9. The Morgan fingerprint density at radius 3 is 2.56 bits per heavy atom. The summed E-state index contributed by atoms with van der Waals surface area (Å²) >= 11 is 3.61. The van der Waals surface area contributed by atoms with Gasteiger partial charge in [0.05, 0.1) is 23.0 Å². The van der Waals surface area contributed by atoms with Gasteiger partial charge in [0.1, 0.15) is 11.6 Å². The number of rotatable bonds is 9. The van der Waals surface area contributed by atoms with Crippen molar-refractivity contribution in [2.45, 2.75) is 31.8 Å². The van der Waals surface area contributed by atoms with Crippen LogP contribution in [0, 0.1) is 6.92 Å². The lowest BCUT2D eigenvalue weighted by molar-refractivity contribution is 0.0188. The summed E-state index contributed by atoms with van der Waals surface area (Å²) < 4.78 is 6.59. The molecule has 11 nitrogen and oxygen atoms in total. The second-order valence-electron chi connectivity index (χ2n) is 11.7. The molecule has 43 heavy (non-hydrogen) atoms. The van der Waals surface area contributed by atoms with Crippen molar-refractivity contribution in [2.24, 2.45) is 0 Å². The van der Waals surface area contributed by atoms with E-state index in [0.717, 1.165) is 40.0 Å². The van der Waals surface area contributed by atoms with Crippen molar-refractivity contribution >= 4 is 58.0 Å². The lowest BCUT2D eigenvalue weighted by Gasteiger charge is -2.49. The first-order chi connectivity index (χ1) is 20.7. The van der Waals surface area contributed by atoms with Crippen molar-refractivity contribution < 1.29 is 14.4 Å². The fraction of sp³-hybridized carbons (Fsp3) is 0.467. The van der Waals surface area contributed by atoms with Crippen LogP contribution in [0.3, 0.4) is 0 Å². The summed E-state index contributed by atoms with van der Waals surface area (Å²) in [5, 5.41) is 7.91. The number of piperidine rings is 1. The number of halogens is 1. The predicted octanol–water partition coefficient (Wildman–Crippen LogP) is 4.82. The number of hydrogen-bond acceptors (Lipinski definition) is 11. The van der Waals surface area contributed by atoms with Gasteiger partial charge in [0, 0.05) is 67.2 Å². The van der Waals surface area contributed by atoms with Crippen LogP contribution in [0.25, 0.3) is 0 Å². The molecular weight excluding hydrogens is 631 g/mol. The van der Waals surface area contributed by atoms with E-state index in [2.05, 4.69) is 98.4 Å².